The Kier molecular flexibility index (Phi) is 3.09. The third-order valence-corrected chi connectivity index (χ3v) is 2.13. The molecule has 2 aromatic rings. The van der Waals surface area contributed by atoms with Gasteiger partial charge in [0.05, 0.1) is 11.9 Å². The molecule has 0 aliphatic carbocycles. The lowest BCUT2D eigenvalue weighted by atomic mass is 10.3. The average Bonchev–Trinajstić information content (AvgIpc) is 2.71. The third kappa shape index (κ3) is 2.41. The second-order valence-electron chi connectivity index (χ2n) is 3.30. The molecule has 0 saturated carbocycles. The first-order valence-corrected chi connectivity index (χ1v) is 5.01. The van der Waals surface area contributed by atoms with Gasteiger partial charge in [0.1, 0.15) is 5.52 Å². The van der Waals surface area contributed by atoms with E-state index in [1.807, 2.05) is 25.4 Å². The van der Waals surface area contributed by atoms with Gasteiger partial charge in [-0.25, -0.2) is 9.97 Å². The molecular formula is C11H14N4. The first kappa shape index (κ1) is 9.86. The van der Waals surface area contributed by atoms with Crippen molar-refractivity contribution in [2.45, 2.75) is 6.42 Å². The molecule has 0 radical (unpaired) electrons. The number of nitrogens with one attached hydrogen (secondary N) is 2. The van der Waals surface area contributed by atoms with Gasteiger partial charge in [-0.1, -0.05) is 6.08 Å². The van der Waals surface area contributed by atoms with Crippen LogP contribution in [0.4, 0.5) is 0 Å². The van der Waals surface area contributed by atoms with Crippen LogP contribution in [0, 0.1) is 0 Å². The highest BCUT2D eigenvalue weighted by molar-refractivity contribution is 5.71. The largest absolute Gasteiger partial charge is 0.345 e. The average molecular weight is 202 g/mol. The molecule has 0 spiro atoms. The molecule has 0 bridgehead atoms. The van der Waals surface area contributed by atoms with Gasteiger partial charge in [-0.05, 0) is 32.2 Å². The van der Waals surface area contributed by atoms with E-state index in [1.165, 1.54) is 0 Å². The summed E-state index contributed by atoms with van der Waals surface area (Å²) in [6.45, 7) is 0.982. The van der Waals surface area contributed by atoms with Crippen LogP contribution in [0.25, 0.3) is 17.2 Å². The molecule has 0 amide bonds. The van der Waals surface area contributed by atoms with Crippen molar-refractivity contribution in [1.29, 1.82) is 0 Å². The molecule has 0 aliphatic heterocycles. The van der Waals surface area contributed by atoms with Crippen molar-refractivity contribution in [2.24, 2.45) is 0 Å². The first-order chi connectivity index (χ1) is 7.40. The quantitative estimate of drug-likeness (QED) is 0.740. The highest BCUT2D eigenvalue weighted by atomic mass is 14.9. The molecule has 0 aromatic carbocycles. The minimum absolute atomic E-state index is 0.836. The van der Waals surface area contributed by atoms with E-state index < -0.39 is 0 Å². The standard InChI is InChI=1S/C11H14N4/c1-12-6-3-2-4-9-8-14-11-10(15-9)5-7-13-11/h2,4-5,7-8,12H,3,6H2,1H3,(H,13,14). The Morgan fingerprint density at radius 2 is 2.47 bits per heavy atom. The minimum atomic E-state index is 0.836. The summed E-state index contributed by atoms with van der Waals surface area (Å²) in [5.41, 5.74) is 2.64. The van der Waals surface area contributed by atoms with Gasteiger partial charge < -0.3 is 10.3 Å². The van der Waals surface area contributed by atoms with E-state index >= 15 is 0 Å². The molecule has 4 heteroatoms. The van der Waals surface area contributed by atoms with Crippen LogP contribution in [0.15, 0.2) is 24.5 Å². The van der Waals surface area contributed by atoms with Crippen LogP contribution in [-0.4, -0.2) is 28.5 Å². The van der Waals surface area contributed by atoms with Gasteiger partial charge >= 0.3 is 0 Å². The summed E-state index contributed by atoms with van der Waals surface area (Å²) in [6, 6.07) is 1.92. The Morgan fingerprint density at radius 3 is 3.33 bits per heavy atom. The van der Waals surface area contributed by atoms with E-state index in [9.17, 15) is 0 Å². The number of hydrogen-bond donors (Lipinski definition) is 2. The van der Waals surface area contributed by atoms with Crippen molar-refractivity contribution in [3.63, 3.8) is 0 Å². The lowest BCUT2D eigenvalue weighted by molar-refractivity contribution is 0.809. The number of nitrogens with zero attached hydrogens (tertiary/aromatic N) is 2. The number of rotatable bonds is 4. The lowest BCUT2D eigenvalue weighted by Gasteiger charge is -1.94. The second kappa shape index (κ2) is 4.70. The molecule has 0 fully saturated rings. The fourth-order valence-corrected chi connectivity index (χ4v) is 1.36. The molecule has 0 atom stereocenters. The number of hydrogen-bond acceptors (Lipinski definition) is 3. The summed E-state index contributed by atoms with van der Waals surface area (Å²) >= 11 is 0. The van der Waals surface area contributed by atoms with E-state index in [2.05, 4.69) is 26.3 Å². The molecule has 0 saturated heterocycles. The molecule has 2 N–H and O–H groups in total. The molecule has 2 rings (SSSR count). The Morgan fingerprint density at radius 1 is 1.53 bits per heavy atom. The third-order valence-electron chi connectivity index (χ3n) is 2.13. The number of aromatic amines is 1. The molecule has 0 unspecified atom stereocenters. The predicted octanol–water partition coefficient (Wildman–Crippen LogP) is 1.58. The Bertz CT molecular complexity index is 458. The van der Waals surface area contributed by atoms with Crippen LogP contribution >= 0.6 is 0 Å². The normalized spacial score (nSPS) is 11.5. The van der Waals surface area contributed by atoms with E-state index in [1.54, 1.807) is 6.20 Å². The maximum atomic E-state index is 4.43. The van der Waals surface area contributed by atoms with Crippen molar-refractivity contribution < 1.29 is 0 Å². The molecule has 2 aromatic heterocycles. The van der Waals surface area contributed by atoms with E-state index in [4.69, 9.17) is 0 Å². The summed E-state index contributed by atoms with van der Waals surface area (Å²) in [7, 11) is 1.94. The number of aromatic nitrogens is 3. The van der Waals surface area contributed by atoms with Gasteiger partial charge in [-0.15, -0.1) is 0 Å². The topological polar surface area (TPSA) is 53.6 Å². The molecular weight excluding hydrogens is 188 g/mol. The van der Waals surface area contributed by atoms with Crippen LogP contribution in [0.1, 0.15) is 12.1 Å². The Hall–Kier alpha value is -1.68. The Labute approximate surface area is 88.4 Å². The maximum absolute atomic E-state index is 4.43. The monoisotopic (exact) mass is 202 g/mol. The van der Waals surface area contributed by atoms with Crippen molar-refractivity contribution in [2.75, 3.05) is 13.6 Å². The van der Waals surface area contributed by atoms with Gasteiger partial charge in [0, 0.05) is 6.20 Å². The highest BCUT2D eigenvalue weighted by Gasteiger charge is 1.96. The van der Waals surface area contributed by atoms with Crippen LogP contribution < -0.4 is 5.32 Å². The van der Waals surface area contributed by atoms with Crippen LogP contribution in [0.5, 0.6) is 0 Å². The highest BCUT2D eigenvalue weighted by Crippen LogP contribution is 2.07. The van der Waals surface area contributed by atoms with Gasteiger partial charge in [0.15, 0.2) is 5.65 Å². The van der Waals surface area contributed by atoms with Gasteiger partial charge in [-0.2, -0.15) is 0 Å². The van der Waals surface area contributed by atoms with E-state index in [0.717, 1.165) is 29.8 Å². The summed E-state index contributed by atoms with van der Waals surface area (Å²) < 4.78 is 0. The fourth-order valence-electron chi connectivity index (χ4n) is 1.36. The second-order valence-corrected chi connectivity index (χ2v) is 3.30. The lowest BCUT2D eigenvalue weighted by Crippen LogP contribution is -2.05. The summed E-state index contributed by atoms with van der Waals surface area (Å²) in [5, 5.41) is 3.09. The van der Waals surface area contributed by atoms with Crippen LogP contribution in [0.2, 0.25) is 0 Å². The molecule has 0 aliphatic rings. The van der Waals surface area contributed by atoms with Crippen molar-refractivity contribution in [3.8, 4) is 0 Å². The predicted molar refractivity (Wildman–Crippen MR) is 61.5 cm³/mol. The number of H-pyrrole nitrogens is 1. The fraction of sp³-hybridized carbons (Fsp3) is 0.273. The molecule has 4 nitrogen and oxygen atoms in total. The van der Waals surface area contributed by atoms with E-state index in [-0.39, 0.29) is 0 Å². The van der Waals surface area contributed by atoms with Gasteiger partial charge in [0.2, 0.25) is 0 Å². The van der Waals surface area contributed by atoms with Crippen molar-refractivity contribution in [3.05, 3.63) is 30.2 Å². The summed E-state index contributed by atoms with van der Waals surface area (Å²) in [5.74, 6) is 0. The minimum Gasteiger partial charge on any atom is -0.345 e. The van der Waals surface area contributed by atoms with Crippen molar-refractivity contribution in [1.82, 2.24) is 20.3 Å². The van der Waals surface area contributed by atoms with Gasteiger partial charge in [-0.3, -0.25) is 0 Å². The van der Waals surface area contributed by atoms with Crippen LogP contribution in [-0.2, 0) is 0 Å². The van der Waals surface area contributed by atoms with Crippen molar-refractivity contribution >= 4 is 17.2 Å². The zero-order valence-electron chi connectivity index (χ0n) is 8.70. The first-order valence-electron chi connectivity index (χ1n) is 5.01. The number of fused-ring (bicyclic) bond motifs is 1. The van der Waals surface area contributed by atoms with E-state index in [0.29, 0.717) is 0 Å². The molecule has 2 heterocycles. The van der Waals surface area contributed by atoms with Gasteiger partial charge in [0.25, 0.3) is 0 Å². The SMILES string of the molecule is CNCCC=Cc1cnc2[nH]ccc2n1. The van der Waals surface area contributed by atoms with Crippen LogP contribution in [0.3, 0.4) is 0 Å². The molecule has 15 heavy (non-hydrogen) atoms. The zero-order chi connectivity index (χ0) is 10.5. The smallest absolute Gasteiger partial charge is 0.156 e. The zero-order valence-corrected chi connectivity index (χ0v) is 8.70. The summed E-state index contributed by atoms with van der Waals surface area (Å²) in [6.07, 6.45) is 8.72. The maximum Gasteiger partial charge on any atom is 0.156 e. The Balaban J connectivity index is 2.10. The summed E-state index contributed by atoms with van der Waals surface area (Å²) in [4.78, 5) is 11.7. The molecule has 78 valence electrons.